The van der Waals surface area contributed by atoms with Crippen LogP contribution in [0.4, 0.5) is 0 Å². The Bertz CT molecular complexity index is 504. The number of esters is 2. The molecule has 0 N–H and O–H groups in total. The van der Waals surface area contributed by atoms with Crippen LogP contribution >= 0.6 is 0 Å². The van der Waals surface area contributed by atoms with Crippen LogP contribution < -0.4 is 0 Å². The number of nitrogens with zero attached hydrogens (tertiary/aromatic N) is 2. The van der Waals surface area contributed by atoms with Crippen LogP contribution in [0.25, 0.3) is 0 Å². The summed E-state index contributed by atoms with van der Waals surface area (Å²) in [6.45, 7) is 5.77. The number of hydrogen-bond acceptors (Lipinski definition) is 6. The zero-order chi connectivity index (χ0) is 19.1. The van der Waals surface area contributed by atoms with Gasteiger partial charge in [0.2, 0.25) is 11.8 Å². The molecule has 0 atom stereocenters. The zero-order valence-electron chi connectivity index (χ0n) is 15.6. The Hall–Kier alpha value is -2.12. The zero-order valence-corrected chi connectivity index (χ0v) is 15.6. The molecule has 2 rings (SSSR count). The summed E-state index contributed by atoms with van der Waals surface area (Å²) in [6.07, 6.45) is 1.79. The minimum Gasteiger partial charge on any atom is -0.466 e. The van der Waals surface area contributed by atoms with Crippen LogP contribution in [0.1, 0.15) is 39.5 Å². The van der Waals surface area contributed by atoms with Gasteiger partial charge in [-0.3, -0.25) is 19.2 Å². The van der Waals surface area contributed by atoms with Crippen molar-refractivity contribution in [1.29, 1.82) is 0 Å². The first-order chi connectivity index (χ1) is 12.5. The second kappa shape index (κ2) is 9.54. The molecule has 2 heterocycles. The van der Waals surface area contributed by atoms with E-state index in [1.165, 1.54) is 0 Å². The van der Waals surface area contributed by atoms with E-state index in [0.717, 1.165) is 12.8 Å². The monoisotopic (exact) mass is 368 g/mol. The van der Waals surface area contributed by atoms with Crippen LogP contribution in [0.3, 0.4) is 0 Å². The Kier molecular flexibility index (Phi) is 7.41. The third kappa shape index (κ3) is 4.95. The van der Waals surface area contributed by atoms with E-state index in [0.29, 0.717) is 26.3 Å². The number of rotatable bonds is 8. The largest absolute Gasteiger partial charge is 0.466 e. The van der Waals surface area contributed by atoms with Crippen molar-refractivity contribution in [1.82, 2.24) is 9.80 Å². The summed E-state index contributed by atoms with van der Waals surface area (Å²) in [5.74, 6) is -1.75. The lowest BCUT2D eigenvalue weighted by Gasteiger charge is -2.43. The molecule has 0 aliphatic carbocycles. The summed E-state index contributed by atoms with van der Waals surface area (Å²) in [6, 6.07) is 0. The van der Waals surface area contributed by atoms with E-state index in [2.05, 4.69) is 0 Å². The van der Waals surface area contributed by atoms with Gasteiger partial charge in [-0.2, -0.15) is 0 Å². The average molecular weight is 368 g/mol. The first-order valence-corrected chi connectivity index (χ1v) is 9.36. The second-order valence-electron chi connectivity index (χ2n) is 6.58. The molecule has 0 spiro atoms. The normalized spacial score (nSPS) is 22.8. The molecule has 0 saturated carbocycles. The highest BCUT2D eigenvalue weighted by atomic mass is 16.5. The molecule has 0 radical (unpaired) electrons. The summed E-state index contributed by atoms with van der Waals surface area (Å²) in [7, 11) is 0. The number of amides is 2. The van der Waals surface area contributed by atoms with Gasteiger partial charge >= 0.3 is 11.9 Å². The van der Waals surface area contributed by atoms with E-state index in [9.17, 15) is 19.2 Å². The van der Waals surface area contributed by atoms with Gasteiger partial charge in [0.15, 0.2) is 0 Å². The van der Waals surface area contributed by atoms with E-state index in [-0.39, 0.29) is 55.6 Å². The first kappa shape index (κ1) is 20.2. The van der Waals surface area contributed by atoms with Crippen LogP contribution in [0.5, 0.6) is 0 Å². The van der Waals surface area contributed by atoms with Gasteiger partial charge in [-0.1, -0.05) is 0 Å². The fourth-order valence-corrected chi connectivity index (χ4v) is 3.61. The van der Waals surface area contributed by atoms with E-state index >= 15 is 0 Å². The van der Waals surface area contributed by atoms with Crippen molar-refractivity contribution >= 4 is 23.8 Å². The van der Waals surface area contributed by atoms with Crippen molar-refractivity contribution < 1.29 is 28.7 Å². The molecule has 0 unspecified atom stereocenters. The summed E-state index contributed by atoms with van der Waals surface area (Å²) >= 11 is 0. The lowest BCUT2D eigenvalue weighted by molar-refractivity contribution is -0.158. The number of carbonyl (C=O) groups is 4. The van der Waals surface area contributed by atoms with E-state index in [1.54, 1.807) is 23.6 Å². The fraction of sp³-hybridized carbons (Fsp3) is 0.778. The fourth-order valence-electron chi connectivity index (χ4n) is 3.61. The Morgan fingerprint density at radius 2 is 1.31 bits per heavy atom. The van der Waals surface area contributed by atoms with Gasteiger partial charge in [0.05, 0.1) is 26.1 Å². The number of fused-ring (bicyclic) bond motifs is 1. The summed E-state index contributed by atoms with van der Waals surface area (Å²) < 4.78 is 9.78. The molecule has 2 saturated heterocycles. The topological polar surface area (TPSA) is 93.2 Å². The maximum absolute atomic E-state index is 12.8. The SMILES string of the molecule is CCOC(=O)CCN1CCC2CCN(CCC(=O)OCC)C(=O)C2C1=O. The van der Waals surface area contributed by atoms with Crippen molar-refractivity contribution in [3.8, 4) is 0 Å². The summed E-state index contributed by atoms with van der Waals surface area (Å²) in [5, 5.41) is 0. The summed E-state index contributed by atoms with van der Waals surface area (Å²) in [5.41, 5.74) is 0. The minimum atomic E-state index is -0.693. The number of ether oxygens (including phenoxy) is 2. The highest BCUT2D eigenvalue weighted by molar-refractivity contribution is 6.01. The number of hydrogen-bond donors (Lipinski definition) is 0. The van der Waals surface area contributed by atoms with Crippen molar-refractivity contribution in [2.75, 3.05) is 39.4 Å². The second-order valence-corrected chi connectivity index (χ2v) is 6.58. The molecule has 2 amide bonds. The highest BCUT2D eigenvalue weighted by Gasteiger charge is 2.45. The van der Waals surface area contributed by atoms with Crippen LogP contribution in [-0.4, -0.2) is 72.9 Å². The Balaban J connectivity index is 1.92. The quantitative estimate of drug-likeness (QED) is 0.460. The van der Waals surface area contributed by atoms with Gasteiger partial charge < -0.3 is 19.3 Å². The minimum absolute atomic E-state index is 0.0488. The third-order valence-corrected chi connectivity index (χ3v) is 4.95. The lowest BCUT2D eigenvalue weighted by atomic mass is 9.78. The molecule has 0 aromatic heterocycles. The van der Waals surface area contributed by atoms with Gasteiger partial charge in [0.25, 0.3) is 0 Å². The van der Waals surface area contributed by atoms with Crippen molar-refractivity contribution in [3.63, 3.8) is 0 Å². The molecule has 146 valence electrons. The molecule has 26 heavy (non-hydrogen) atoms. The predicted octanol–water partition coefficient (Wildman–Crippen LogP) is 0.590. The number of likely N-dealkylation sites (tertiary alicyclic amines) is 2. The average Bonchev–Trinajstić information content (AvgIpc) is 2.61. The van der Waals surface area contributed by atoms with E-state index < -0.39 is 5.92 Å². The maximum Gasteiger partial charge on any atom is 0.307 e. The smallest absolute Gasteiger partial charge is 0.307 e. The molecular formula is C18H28N2O6. The molecule has 8 heteroatoms. The molecule has 0 aromatic carbocycles. The van der Waals surface area contributed by atoms with Crippen LogP contribution in [0.15, 0.2) is 0 Å². The van der Waals surface area contributed by atoms with Gasteiger partial charge in [0.1, 0.15) is 5.92 Å². The standard InChI is InChI=1S/C18H28N2O6/c1-3-25-14(21)7-11-19-9-5-13-6-10-20(12-8-15(22)26-4-2)18(24)16(13)17(19)23/h13,16H,3-12H2,1-2H3. The Morgan fingerprint density at radius 3 is 1.69 bits per heavy atom. The highest BCUT2D eigenvalue weighted by Crippen LogP contribution is 2.33. The van der Waals surface area contributed by atoms with Gasteiger partial charge in [-0.05, 0) is 32.6 Å². The van der Waals surface area contributed by atoms with Gasteiger partial charge in [-0.25, -0.2) is 0 Å². The van der Waals surface area contributed by atoms with Crippen molar-refractivity contribution in [2.45, 2.75) is 39.5 Å². The molecule has 0 bridgehead atoms. The number of carbonyl (C=O) groups excluding carboxylic acids is 4. The Morgan fingerprint density at radius 1 is 0.885 bits per heavy atom. The predicted molar refractivity (Wildman–Crippen MR) is 91.9 cm³/mol. The molecule has 8 nitrogen and oxygen atoms in total. The van der Waals surface area contributed by atoms with Crippen LogP contribution in [-0.2, 0) is 28.7 Å². The van der Waals surface area contributed by atoms with Gasteiger partial charge in [0, 0.05) is 26.2 Å². The van der Waals surface area contributed by atoms with E-state index in [1.807, 2.05) is 0 Å². The molecule has 2 aliphatic heterocycles. The van der Waals surface area contributed by atoms with Crippen LogP contribution in [0, 0.1) is 11.8 Å². The number of piperidine rings is 2. The van der Waals surface area contributed by atoms with Gasteiger partial charge in [-0.15, -0.1) is 0 Å². The van der Waals surface area contributed by atoms with E-state index in [4.69, 9.17) is 9.47 Å². The van der Waals surface area contributed by atoms with Crippen molar-refractivity contribution in [2.24, 2.45) is 11.8 Å². The summed E-state index contributed by atoms with van der Waals surface area (Å²) in [4.78, 5) is 51.7. The first-order valence-electron chi connectivity index (χ1n) is 9.36. The lowest BCUT2D eigenvalue weighted by Crippen LogP contribution is -2.56. The third-order valence-electron chi connectivity index (χ3n) is 4.95. The Labute approximate surface area is 153 Å². The van der Waals surface area contributed by atoms with Crippen LogP contribution in [0.2, 0.25) is 0 Å². The molecule has 2 fully saturated rings. The van der Waals surface area contributed by atoms with Crippen molar-refractivity contribution in [3.05, 3.63) is 0 Å². The molecule has 2 aliphatic rings. The maximum atomic E-state index is 12.8. The molecule has 0 aromatic rings. The molecular weight excluding hydrogens is 340 g/mol.